The van der Waals surface area contributed by atoms with Gasteiger partial charge in [-0.25, -0.2) is 4.39 Å². The fourth-order valence-electron chi connectivity index (χ4n) is 1.96. The zero-order chi connectivity index (χ0) is 11.7. The molecule has 0 saturated heterocycles. The molecule has 2 nitrogen and oxygen atoms in total. The van der Waals surface area contributed by atoms with E-state index in [0.29, 0.717) is 6.61 Å². The lowest BCUT2D eigenvalue weighted by Crippen LogP contribution is -2.17. The van der Waals surface area contributed by atoms with E-state index >= 15 is 0 Å². The molecule has 17 heavy (non-hydrogen) atoms. The van der Waals surface area contributed by atoms with Crippen molar-refractivity contribution in [3.8, 4) is 16.9 Å². The average Bonchev–Trinajstić information content (AvgIpc) is 2.39. The molecule has 0 spiro atoms. The van der Waals surface area contributed by atoms with Gasteiger partial charge >= 0.3 is 0 Å². The molecule has 2 aromatic carbocycles. The molecule has 0 radical (unpaired) electrons. The fraction of sp³-hybridized carbons (Fsp3) is 0.143. The Morgan fingerprint density at radius 2 is 1.76 bits per heavy atom. The Morgan fingerprint density at radius 1 is 1.00 bits per heavy atom. The van der Waals surface area contributed by atoms with Gasteiger partial charge in [0.15, 0.2) is 0 Å². The van der Waals surface area contributed by atoms with Gasteiger partial charge in [-0.2, -0.15) is 0 Å². The molecule has 0 bridgehead atoms. The first-order valence-corrected chi connectivity index (χ1v) is 5.59. The normalized spacial score (nSPS) is 13.5. The zero-order valence-electron chi connectivity index (χ0n) is 9.24. The maximum atomic E-state index is 12.8. The largest absolute Gasteiger partial charge is 0.490 e. The second kappa shape index (κ2) is 4.09. The Labute approximate surface area is 99.0 Å². The van der Waals surface area contributed by atoms with Gasteiger partial charge in [-0.05, 0) is 35.4 Å². The summed E-state index contributed by atoms with van der Waals surface area (Å²) in [5.74, 6) is 0.641. The number of rotatable bonds is 1. The molecule has 0 amide bonds. The summed E-state index contributed by atoms with van der Waals surface area (Å²) < 4.78 is 18.4. The minimum Gasteiger partial charge on any atom is -0.490 e. The van der Waals surface area contributed by atoms with Crippen LogP contribution in [-0.2, 0) is 0 Å². The molecule has 1 N–H and O–H groups in total. The molecule has 0 unspecified atom stereocenters. The summed E-state index contributed by atoms with van der Waals surface area (Å²) in [6, 6.07) is 12.5. The van der Waals surface area contributed by atoms with Gasteiger partial charge < -0.3 is 10.1 Å². The smallest absolute Gasteiger partial charge is 0.143 e. The third kappa shape index (κ3) is 1.96. The highest BCUT2D eigenvalue weighted by atomic mass is 19.1. The van der Waals surface area contributed by atoms with Gasteiger partial charge in [0.2, 0.25) is 0 Å². The van der Waals surface area contributed by atoms with Gasteiger partial charge in [0, 0.05) is 6.54 Å². The van der Waals surface area contributed by atoms with E-state index < -0.39 is 0 Å². The van der Waals surface area contributed by atoms with E-state index in [4.69, 9.17) is 4.74 Å². The van der Waals surface area contributed by atoms with Crippen molar-refractivity contribution in [3.63, 3.8) is 0 Å². The molecular formula is C14H12FNO. The highest BCUT2D eigenvalue weighted by molar-refractivity contribution is 5.71. The summed E-state index contributed by atoms with van der Waals surface area (Å²) in [7, 11) is 0. The third-order valence-electron chi connectivity index (χ3n) is 2.83. The summed E-state index contributed by atoms with van der Waals surface area (Å²) in [6.07, 6.45) is 0. The molecule has 0 saturated carbocycles. The van der Waals surface area contributed by atoms with Crippen LogP contribution in [0.3, 0.4) is 0 Å². The van der Waals surface area contributed by atoms with E-state index in [1.165, 1.54) is 12.1 Å². The topological polar surface area (TPSA) is 21.3 Å². The zero-order valence-corrected chi connectivity index (χ0v) is 9.24. The lowest BCUT2D eigenvalue weighted by molar-refractivity contribution is 0.323. The second-order valence-corrected chi connectivity index (χ2v) is 3.99. The van der Waals surface area contributed by atoms with E-state index in [0.717, 1.165) is 29.1 Å². The van der Waals surface area contributed by atoms with Crippen LogP contribution in [0.1, 0.15) is 0 Å². The van der Waals surface area contributed by atoms with Crippen LogP contribution in [0, 0.1) is 5.82 Å². The predicted octanol–water partition coefficient (Wildman–Crippen LogP) is 3.30. The van der Waals surface area contributed by atoms with E-state index in [2.05, 4.69) is 5.32 Å². The summed E-state index contributed by atoms with van der Waals surface area (Å²) in [5, 5.41) is 3.27. The SMILES string of the molecule is Fc1ccc(-c2ccc3c(c2)OCCN3)cc1. The Morgan fingerprint density at radius 3 is 2.59 bits per heavy atom. The van der Waals surface area contributed by atoms with Gasteiger partial charge in [0.1, 0.15) is 18.2 Å². The van der Waals surface area contributed by atoms with Crippen molar-refractivity contribution < 1.29 is 9.13 Å². The van der Waals surface area contributed by atoms with Crippen molar-refractivity contribution in [2.45, 2.75) is 0 Å². The molecule has 0 fully saturated rings. The molecule has 3 rings (SSSR count). The van der Waals surface area contributed by atoms with E-state index in [-0.39, 0.29) is 5.82 Å². The van der Waals surface area contributed by atoms with Gasteiger partial charge in [-0.3, -0.25) is 0 Å². The number of ether oxygens (including phenoxy) is 1. The number of hydrogen-bond acceptors (Lipinski definition) is 2. The molecule has 86 valence electrons. The van der Waals surface area contributed by atoms with Crippen LogP contribution >= 0.6 is 0 Å². The highest BCUT2D eigenvalue weighted by Crippen LogP contribution is 2.32. The summed E-state index contributed by atoms with van der Waals surface area (Å²) in [5.41, 5.74) is 3.04. The fourth-order valence-corrected chi connectivity index (χ4v) is 1.96. The van der Waals surface area contributed by atoms with E-state index in [1.807, 2.05) is 18.2 Å². The van der Waals surface area contributed by atoms with Gasteiger partial charge in [-0.15, -0.1) is 0 Å². The Bertz CT molecular complexity index is 536. The first-order valence-electron chi connectivity index (χ1n) is 5.59. The molecule has 0 aliphatic carbocycles. The van der Waals surface area contributed by atoms with Crippen molar-refractivity contribution in [3.05, 3.63) is 48.3 Å². The second-order valence-electron chi connectivity index (χ2n) is 3.99. The minimum absolute atomic E-state index is 0.218. The molecule has 3 heteroatoms. The van der Waals surface area contributed by atoms with E-state index in [1.54, 1.807) is 12.1 Å². The maximum Gasteiger partial charge on any atom is 0.143 e. The highest BCUT2D eigenvalue weighted by Gasteiger charge is 2.10. The molecule has 0 aromatic heterocycles. The predicted molar refractivity (Wildman–Crippen MR) is 65.8 cm³/mol. The first kappa shape index (κ1) is 10.1. The lowest BCUT2D eigenvalue weighted by atomic mass is 10.0. The molecule has 1 heterocycles. The first-order chi connectivity index (χ1) is 8.33. The van der Waals surface area contributed by atoms with Crippen molar-refractivity contribution in [2.75, 3.05) is 18.5 Å². The van der Waals surface area contributed by atoms with Crippen LogP contribution < -0.4 is 10.1 Å². The summed E-state index contributed by atoms with van der Waals surface area (Å²) in [6.45, 7) is 1.52. The Kier molecular flexibility index (Phi) is 2.44. The number of nitrogens with one attached hydrogen (secondary N) is 1. The van der Waals surface area contributed by atoms with Crippen molar-refractivity contribution in [1.29, 1.82) is 0 Å². The van der Waals surface area contributed by atoms with Crippen LogP contribution in [0.15, 0.2) is 42.5 Å². The van der Waals surface area contributed by atoms with E-state index in [9.17, 15) is 4.39 Å². The van der Waals surface area contributed by atoms with Crippen LogP contribution in [0.2, 0.25) is 0 Å². The minimum atomic E-state index is -0.218. The van der Waals surface area contributed by atoms with Crippen LogP contribution in [0.4, 0.5) is 10.1 Å². The average molecular weight is 229 g/mol. The number of hydrogen-bond donors (Lipinski definition) is 1. The Balaban J connectivity index is 2.01. The summed E-state index contributed by atoms with van der Waals surface area (Å²) >= 11 is 0. The maximum absolute atomic E-state index is 12.8. The standard InChI is InChI=1S/C14H12FNO/c15-12-4-1-10(2-5-12)11-3-6-13-14(9-11)17-8-7-16-13/h1-6,9,16H,7-8H2. The molecule has 1 aliphatic heterocycles. The number of anilines is 1. The van der Waals surface area contributed by atoms with Crippen LogP contribution in [-0.4, -0.2) is 13.2 Å². The molecular weight excluding hydrogens is 217 g/mol. The molecule has 0 atom stereocenters. The van der Waals surface area contributed by atoms with Crippen molar-refractivity contribution in [1.82, 2.24) is 0 Å². The Hall–Kier alpha value is -2.03. The van der Waals surface area contributed by atoms with Gasteiger partial charge in [-0.1, -0.05) is 18.2 Å². The van der Waals surface area contributed by atoms with Crippen LogP contribution in [0.5, 0.6) is 5.75 Å². The molecule has 1 aliphatic rings. The van der Waals surface area contributed by atoms with Crippen LogP contribution in [0.25, 0.3) is 11.1 Å². The van der Waals surface area contributed by atoms with Crippen molar-refractivity contribution >= 4 is 5.69 Å². The number of fused-ring (bicyclic) bond motifs is 1. The van der Waals surface area contributed by atoms with Crippen molar-refractivity contribution in [2.24, 2.45) is 0 Å². The van der Waals surface area contributed by atoms with Gasteiger partial charge in [0.25, 0.3) is 0 Å². The monoisotopic (exact) mass is 229 g/mol. The molecule has 2 aromatic rings. The lowest BCUT2D eigenvalue weighted by Gasteiger charge is -2.19. The quantitative estimate of drug-likeness (QED) is 0.810. The van der Waals surface area contributed by atoms with Gasteiger partial charge in [0.05, 0.1) is 5.69 Å². The number of benzene rings is 2. The number of halogens is 1. The summed E-state index contributed by atoms with van der Waals surface area (Å²) in [4.78, 5) is 0. The third-order valence-corrected chi connectivity index (χ3v) is 2.83.